The fraction of sp³-hybridized carbons (Fsp3) is 0.636. The summed E-state index contributed by atoms with van der Waals surface area (Å²) in [5.41, 5.74) is 0.374. The SMILES string of the molecule is CCCCCCCCCCCCSCCC(=O)NC(=O)c1ccc(O)cc1. The third-order valence-electron chi connectivity index (χ3n) is 4.50. The summed E-state index contributed by atoms with van der Waals surface area (Å²) in [6.45, 7) is 2.25. The summed E-state index contributed by atoms with van der Waals surface area (Å²) in [4.78, 5) is 23.7. The van der Waals surface area contributed by atoms with E-state index in [1.54, 1.807) is 11.8 Å². The van der Waals surface area contributed by atoms with Gasteiger partial charge in [-0.15, -0.1) is 0 Å². The number of rotatable bonds is 15. The van der Waals surface area contributed by atoms with E-state index in [0.29, 0.717) is 12.0 Å². The number of phenolic OH excluding ortho intramolecular Hbond substituents is 1. The van der Waals surface area contributed by atoms with E-state index < -0.39 is 5.91 Å². The van der Waals surface area contributed by atoms with E-state index in [0.717, 1.165) is 11.5 Å². The summed E-state index contributed by atoms with van der Waals surface area (Å²) in [6.07, 6.45) is 13.7. The van der Waals surface area contributed by atoms with Crippen LogP contribution in [-0.2, 0) is 4.79 Å². The molecule has 0 unspecified atom stereocenters. The molecule has 0 aliphatic carbocycles. The van der Waals surface area contributed by atoms with Crippen molar-refractivity contribution < 1.29 is 14.7 Å². The molecule has 0 aliphatic heterocycles. The largest absolute Gasteiger partial charge is 0.508 e. The van der Waals surface area contributed by atoms with Gasteiger partial charge in [-0.1, -0.05) is 64.7 Å². The molecular weight excluding hydrogens is 358 g/mol. The van der Waals surface area contributed by atoms with E-state index in [1.165, 1.54) is 88.5 Å². The van der Waals surface area contributed by atoms with E-state index in [9.17, 15) is 14.7 Å². The molecule has 0 spiro atoms. The summed E-state index contributed by atoms with van der Waals surface area (Å²) in [7, 11) is 0. The van der Waals surface area contributed by atoms with Gasteiger partial charge >= 0.3 is 0 Å². The minimum Gasteiger partial charge on any atom is -0.508 e. The summed E-state index contributed by atoms with van der Waals surface area (Å²) >= 11 is 1.78. The van der Waals surface area contributed by atoms with Gasteiger partial charge in [-0.25, -0.2) is 0 Å². The highest BCUT2D eigenvalue weighted by atomic mass is 32.2. The van der Waals surface area contributed by atoms with Gasteiger partial charge in [0, 0.05) is 17.7 Å². The molecule has 0 aliphatic rings. The van der Waals surface area contributed by atoms with E-state index in [-0.39, 0.29) is 11.7 Å². The Balaban J connectivity index is 1.92. The Labute approximate surface area is 168 Å². The highest BCUT2D eigenvalue weighted by Crippen LogP contribution is 2.13. The Morgan fingerprint density at radius 1 is 0.852 bits per heavy atom. The molecule has 0 atom stereocenters. The maximum Gasteiger partial charge on any atom is 0.257 e. The van der Waals surface area contributed by atoms with Crippen LogP contribution in [0, 0.1) is 0 Å². The molecule has 2 amide bonds. The molecule has 2 N–H and O–H groups in total. The number of nitrogens with one attached hydrogen (secondary N) is 1. The average Bonchev–Trinajstić information content (AvgIpc) is 2.66. The lowest BCUT2D eigenvalue weighted by Crippen LogP contribution is -2.30. The van der Waals surface area contributed by atoms with Crippen LogP contribution in [0.15, 0.2) is 24.3 Å². The normalized spacial score (nSPS) is 10.7. The van der Waals surface area contributed by atoms with Gasteiger partial charge in [0.1, 0.15) is 5.75 Å². The van der Waals surface area contributed by atoms with E-state index in [1.807, 2.05) is 0 Å². The maximum atomic E-state index is 11.9. The molecule has 5 heteroatoms. The highest BCUT2D eigenvalue weighted by Gasteiger charge is 2.10. The van der Waals surface area contributed by atoms with Crippen LogP contribution >= 0.6 is 11.8 Å². The number of carbonyl (C=O) groups is 2. The molecule has 27 heavy (non-hydrogen) atoms. The second kappa shape index (κ2) is 15.6. The van der Waals surface area contributed by atoms with Crippen molar-refractivity contribution in [2.45, 2.75) is 77.6 Å². The number of hydrogen-bond acceptors (Lipinski definition) is 4. The van der Waals surface area contributed by atoms with Crippen LogP contribution in [0.4, 0.5) is 0 Å². The van der Waals surface area contributed by atoms with Crippen molar-refractivity contribution in [3.05, 3.63) is 29.8 Å². The fourth-order valence-electron chi connectivity index (χ4n) is 2.83. The first-order valence-corrected chi connectivity index (χ1v) is 11.5. The Morgan fingerprint density at radius 3 is 2.00 bits per heavy atom. The number of imide groups is 1. The van der Waals surface area contributed by atoms with Crippen LogP contribution in [0.25, 0.3) is 0 Å². The van der Waals surface area contributed by atoms with Crippen molar-refractivity contribution in [3.63, 3.8) is 0 Å². The molecule has 1 aromatic carbocycles. The zero-order valence-electron chi connectivity index (χ0n) is 16.7. The number of hydrogen-bond donors (Lipinski definition) is 2. The zero-order chi connectivity index (χ0) is 19.7. The summed E-state index contributed by atoms with van der Waals surface area (Å²) in [5, 5.41) is 11.6. The van der Waals surface area contributed by atoms with Gasteiger partial charge in [0.2, 0.25) is 5.91 Å². The molecule has 0 aromatic heterocycles. The maximum absolute atomic E-state index is 11.9. The first kappa shape index (κ1) is 23.5. The highest BCUT2D eigenvalue weighted by molar-refractivity contribution is 7.99. The lowest BCUT2D eigenvalue weighted by Gasteiger charge is -2.05. The third kappa shape index (κ3) is 12.5. The van der Waals surface area contributed by atoms with Gasteiger partial charge in [0.05, 0.1) is 0 Å². The van der Waals surface area contributed by atoms with Crippen LogP contribution in [0.3, 0.4) is 0 Å². The predicted octanol–water partition coefficient (Wildman–Crippen LogP) is 5.69. The molecular formula is C22H35NO3S. The molecule has 0 heterocycles. The minimum atomic E-state index is -0.417. The number of benzene rings is 1. The van der Waals surface area contributed by atoms with Crippen LogP contribution in [0.2, 0.25) is 0 Å². The number of phenols is 1. The van der Waals surface area contributed by atoms with Crippen LogP contribution in [0.5, 0.6) is 5.75 Å². The lowest BCUT2D eigenvalue weighted by atomic mass is 10.1. The molecule has 0 fully saturated rings. The van der Waals surface area contributed by atoms with Gasteiger partial charge in [0.25, 0.3) is 5.91 Å². The van der Waals surface area contributed by atoms with Gasteiger partial charge in [0.15, 0.2) is 0 Å². The smallest absolute Gasteiger partial charge is 0.257 e. The van der Waals surface area contributed by atoms with E-state index in [2.05, 4.69) is 12.2 Å². The Hall–Kier alpha value is -1.49. The number of unbranched alkanes of at least 4 members (excludes halogenated alkanes) is 9. The van der Waals surface area contributed by atoms with Crippen molar-refractivity contribution in [3.8, 4) is 5.75 Å². The van der Waals surface area contributed by atoms with Crippen LogP contribution < -0.4 is 5.32 Å². The second-order valence-corrected chi connectivity index (χ2v) is 8.19. The number of amides is 2. The summed E-state index contributed by atoms with van der Waals surface area (Å²) in [6, 6.07) is 5.86. The van der Waals surface area contributed by atoms with Gasteiger partial charge in [-0.05, 0) is 36.4 Å². The van der Waals surface area contributed by atoms with E-state index >= 15 is 0 Å². The van der Waals surface area contributed by atoms with Crippen molar-refractivity contribution in [1.82, 2.24) is 5.32 Å². The van der Waals surface area contributed by atoms with Crippen LogP contribution in [0.1, 0.15) is 87.9 Å². The molecule has 1 aromatic rings. The number of aromatic hydroxyl groups is 1. The average molecular weight is 394 g/mol. The minimum absolute atomic E-state index is 0.0984. The first-order valence-electron chi connectivity index (χ1n) is 10.3. The fourth-order valence-corrected chi connectivity index (χ4v) is 3.77. The van der Waals surface area contributed by atoms with Crippen molar-refractivity contribution in [2.24, 2.45) is 0 Å². The van der Waals surface area contributed by atoms with Crippen LogP contribution in [-0.4, -0.2) is 28.4 Å². The second-order valence-electron chi connectivity index (χ2n) is 6.97. The Bertz CT molecular complexity index is 531. The van der Waals surface area contributed by atoms with Gasteiger partial charge in [-0.3, -0.25) is 14.9 Å². The number of carbonyl (C=O) groups excluding carboxylic acids is 2. The van der Waals surface area contributed by atoms with E-state index in [4.69, 9.17) is 0 Å². The standard InChI is InChI=1S/C22H35NO3S/c1-2-3-4-5-6-7-8-9-10-11-17-27-18-16-21(25)23-22(26)19-12-14-20(24)15-13-19/h12-15,24H,2-11,16-18H2,1H3,(H,23,25,26). The first-order chi connectivity index (χ1) is 13.1. The molecule has 0 bridgehead atoms. The van der Waals surface area contributed by atoms with Crippen molar-refractivity contribution >= 4 is 23.6 Å². The molecule has 152 valence electrons. The molecule has 0 radical (unpaired) electrons. The molecule has 0 saturated heterocycles. The third-order valence-corrected chi connectivity index (χ3v) is 5.57. The summed E-state index contributed by atoms with van der Waals surface area (Å²) < 4.78 is 0. The lowest BCUT2D eigenvalue weighted by molar-refractivity contribution is -0.119. The van der Waals surface area contributed by atoms with Crippen molar-refractivity contribution in [1.29, 1.82) is 0 Å². The molecule has 1 rings (SSSR count). The zero-order valence-corrected chi connectivity index (χ0v) is 17.5. The Morgan fingerprint density at radius 2 is 1.41 bits per heavy atom. The Kier molecular flexibility index (Phi) is 13.6. The van der Waals surface area contributed by atoms with Gasteiger partial charge < -0.3 is 5.11 Å². The molecule has 4 nitrogen and oxygen atoms in total. The van der Waals surface area contributed by atoms with Gasteiger partial charge in [-0.2, -0.15) is 11.8 Å². The monoisotopic (exact) mass is 393 g/mol. The molecule has 0 saturated carbocycles. The predicted molar refractivity (Wildman–Crippen MR) is 114 cm³/mol. The topological polar surface area (TPSA) is 66.4 Å². The quantitative estimate of drug-likeness (QED) is 0.376. The van der Waals surface area contributed by atoms with Crippen molar-refractivity contribution in [2.75, 3.05) is 11.5 Å². The number of thioether (sulfide) groups is 1. The summed E-state index contributed by atoms with van der Waals surface area (Å²) in [5.74, 6) is 1.26.